The number of para-hydroxylation sites is 1. The number of halogens is 1. The summed E-state index contributed by atoms with van der Waals surface area (Å²) >= 11 is 5.85. The molecule has 0 saturated carbocycles. The Bertz CT molecular complexity index is 721. The highest BCUT2D eigenvalue weighted by molar-refractivity contribution is 6.30. The van der Waals surface area contributed by atoms with Crippen LogP contribution in [-0.4, -0.2) is 16.6 Å². The summed E-state index contributed by atoms with van der Waals surface area (Å²) in [6, 6.07) is 14.7. The summed E-state index contributed by atoms with van der Waals surface area (Å²) < 4.78 is 0. The number of amides is 1. The van der Waals surface area contributed by atoms with Crippen LogP contribution in [-0.2, 0) is 4.79 Å². The topological polar surface area (TPSA) is 49.0 Å². The van der Waals surface area contributed by atoms with E-state index in [2.05, 4.69) is 10.2 Å². The first kappa shape index (κ1) is 11.7. The van der Waals surface area contributed by atoms with Crippen molar-refractivity contribution in [2.24, 2.45) is 0 Å². The fourth-order valence-corrected chi connectivity index (χ4v) is 2.09. The normalized spacial score (nSPS) is 10.6. The highest BCUT2D eigenvalue weighted by Gasteiger charge is 2.14. The third-order valence-corrected chi connectivity index (χ3v) is 3.14. The van der Waals surface area contributed by atoms with Crippen LogP contribution in [0.2, 0.25) is 5.02 Å². The largest absolute Gasteiger partial charge is 0.278 e. The van der Waals surface area contributed by atoms with Crippen molar-refractivity contribution >= 4 is 40.4 Å². The van der Waals surface area contributed by atoms with Gasteiger partial charge in [-0.2, -0.15) is 5.10 Å². The first-order chi connectivity index (χ1) is 9.29. The third-order valence-electron chi connectivity index (χ3n) is 2.89. The lowest BCUT2D eigenvalue weighted by atomic mass is 10.2. The highest BCUT2D eigenvalue weighted by atomic mass is 35.5. The molecule has 0 saturated heterocycles. The first-order valence-electron chi connectivity index (χ1n) is 5.73. The van der Waals surface area contributed by atoms with Gasteiger partial charge >= 0.3 is 0 Å². The van der Waals surface area contributed by atoms with Crippen LogP contribution >= 0.6 is 11.6 Å². The third kappa shape index (κ3) is 2.06. The van der Waals surface area contributed by atoms with Gasteiger partial charge in [0.05, 0.1) is 11.2 Å². The summed E-state index contributed by atoms with van der Waals surface area (Å²) in [6.07, 6.45) is 0.742. The summed E-state index contributed by atoms with van der Waals surface area (Å²) in [5, 5.41) is 8.63. The van der Waals surface area contributed by atoms with Crippen molar-refractivity contribution in [2.75, 3.05) is 4.90 Å². The van der Waals surface area contributed by atoms with Gasteiger partial charge in [0.2, 0.25) is 6.41 Å². The zero-order valence-corrected chi connectivity index (χ0v) is 10.6. The van der Waals surface area contributed by atoms with Crippen molar-refractivity contribution in [1.29, 1.82) is 0 Å². The summed E-state index contributed by atoms with van der Waals surface area (Å²) in [6.45, 7) is 0. The number of anilines is 2. The maximum Gasteiger partial charge on any atom is 0.219 e. The quantitative estimate of drug-likeness (QED) is 0.741. The first-order valence-corrected chi connectivity index (χ1v) is 6.10. The van der Waals surface area contributed by atoms with Gasteiger partial charge < -0.3 is 0 Å². The average molecular weight is 272 g/mol. The minimum absolute atomic E-state index is 0.577. The number of carbonyl (C=O) groups excluding carboxylic acids is 1. The summed E-state index contributed by atoms with van der Waals surface area (Å²) in [4.78, 5) is 12.9. The summed E-state index contributed by atoms with van der Waals surface area (Å²) in [5.74, 6) is 0.577. The van der Waals surface area contributed by atoms with Crippen molar-refractivity contribution in [3.05, 3.63) is 53.6 Å². The van der Waals surface area contributed by atoms with E-state index in [0.29, 0.717) is 10.8 Å². The Hall–Kier alpha value is -2.33. The second-order valence-electron chi connectivity index (χ2n) is 4.04. The van der Waals surface area contributed by atoms with Crippen LogP contribution in [0.3, 0.4) is 0 Å². The number of H-pyrrole nitrogens is 1. The molecule has 94 valence electrons. The van der Waals surface area contributed by atoms with E-state index in [1.54, 1.807) is 24.3 Å². The van der Waals surface area contributed by atoms with Crippen LogP contribution in [0.5, 0.6) is 0 Å². The lowest BCUT2D eigenvalue weighted by molar-refractivity contribution is -0.106. The highest BCUT2D eigenvalue weighted by Crippen LogP contribution is 2.29. The molecule has 0 aliphatic rings. The molecule has 0 radical (unpaired) electrons. The Labute approximate surface area is 114 Å². The number of aromatic amines is 1. The number of fused-ring (bicyclic) bond motifs is 1. The summed E-state index contributed by atoms with van der Waals surface area (Å²) in [5.41, 5.74) is 1.61. The number of hydrogen-bond donors (Lipinski definition) is 1. The molecular formula is C14H10ClN3O. The van der Waals surface area contributed by atoms with Gasteiger partial charge in [0.15, 0.2) is 5.82 Å². The number of rotatable bonds is 3. The SMILES string of the molecule is O=CN(c1ccc(Cl)cc1)c1n[nH]c2ccccc12. The summed E-state index contributed by atoms with van der Waals surface area (Å²) in [7, 11) is 0. The van der Waals surface area contributed by atoms with Crippen molar-refractivity contribution in [3.8, 4) is 0 Å². The lowest BCUT2D eigenvalue weighted by Crippen LogP contribution is -2.14. The minimum Gasteiger partial charge on any atom is -0.278 e. The molecule has 1 aromatic heterocycles. The molecule has 0 fully saturated rings. The van der Waals surface area contributed by atoms with Gasteiger partial charge in [0.25, 0.3) is 0 Å². The van der Waals surface area contributed by atoms with Crippen molar-refractivity contribution in [1.82, 2.24) is 10.2 Å². The molecule has 0 aliphatic heterocycles. The Morgan fingerprint density at radius 3 is 2.58 bits per heavy atom. The number of hydrogen-bond acceptors (Lipinski definition) is 2. The van der Waals surface area contributed by atoms with Crippen LogP contribution in [0.25, 0.3) is 10.9 Å². The monoisotopic (exact) mass is 271 g/mol. The zero-order valence-electron chi connectivity index (χ0n) is 9.88. The maximum atomic E-state index is 11.4. The van der Waals surface area contributed by atoms with Gasteiger partial charge in [0.1, 0.15) is 0 Å². The van der Waals surface area contributed by atoms with Crippen LogP contribution in [0.1, 0.15) is 0 Å². The maximum absolute atomic E-state index is 11.4. The van der Waals surface area contributed by atoms with E-state index in [1.807, 2.05) is 24.3 Å². The van der Waals surface area contributed by atoms with Crippen LogP contribution < -0.4 is 4.90 Å². The molecule has 2 aromatic carbocycles. The van der Waals surface area contributed by atoms with Gasteiger partial charge in [-0.1, -0.05) is 23.7 Å². The molecule has 0 unspecified atom stereocenters. The van der Waals surface area contributed by atoms with Crippen molar-refractivity contribution < 1.29 is 4.79 Å². The van der Waals surface area contributed by atoms with E-state index in [-0.39, 0.29) is 0 Å². The Morgan fingerprint density at radius 1 is 1.11 bits per heavy atom. The molecule has 3 aromatic rings. The van der Waals surface area contributed by atoms with Crippen molar-refractivity contribution in [2.45, 2.75) is 0 Å². The second kappa shape index (κ2) is 4.74. The molecule has 1 N–H and O–H groups in total. The lowest BCUT2D eigenvalue weighted by Gasteiger charge is -2.14. The van der Waals surface area contributed by atoms with E-state index >= 15 is 0 Å². The number of carbonyl (C=O) groups is 1. The standard InChI is InChI=1S/C14H10ClN3O/c15-10-5-7-11(8-6-10)18(9-19)14-12-3-1-2-4-13(12)16-17-14/h1-9H,(H,16,17). The number of nitrogens with zero attached hydrogens (tertiary/aromatic N) is 2. The van der Waals surface area contributed by atoms with Crippen LogP contribution in [0, 0.1) is 0 Å². The Kier molecular flexibility index (Phi) is 2.93. The smallest absolute Gasteiger partial charge is 0.219 e. The minimum atomic E-state index is 0.577. The van der Waals surface area contributed by atoms with Gasteiger partial charge in [-0.15, -0.1) is 0 Å². The second-order valence-corrected chi connectivity index (χ2v) is 4.48. The molecule has 0 aliphatic carbocycles. The van der Waals surface area contributed by atoms with Crippen LogP contribution in [0.4, 0.5) is 11.5 Å². The molecule has 4 nitrogen and oxygen atoms in total. The molecule has 1 amide bonds. The Morgan fingerprint density at radius 2 is 1.84 bits per heavy atom. The van der Waals surface area contributed by atoms with E-state index < -0.39 is 0 Å². The molecule has 1 heterocycles. The van der Waals surface area contributed by atoms with Gasteiger partial charge in [-0.05, 0) is 36.4 Å². The molecule has 19 heavy (non-hydrogen) atoms. The molecule has 0 atom stereocenters. The number of aromatic nitrogens is 2. The Balaban J connectivity index is 2.12. The zero-order chi connectivity index (χ0) is 13.2. The fourth-order valence-electron chi connectivity index (χ4n) is 1.97. The average Bonchev–Trinajstić information content (AvgIpc) is 2.86. The van der Waals surface area contributed by atoms with Gasteiger partial charge in [0, 0.05) is 10.4 Å². The number of benzene rings is 2. The van der Waals surface area contributed by atoms with E-state index in [4.69, 9.17) is 11.6 Å². The van der Waals surface area contributed by atoms with E-state index in [1.165, 1.54) is 4.90 Å². The predicted molar refractivity (Wildman–Crippen MR) is 75.7 cm³/mol. The van der Waals surface area contributed by atoms with E-state index in [9.17, 15) is 4.79 Å². The van der Waals surface area contributed by atoms with Gasteiger partial charge in [-0.3, -0.25) is 14.8 Å². The molecular weight excluding hydrogens is 262 g/mol. The molecule has 5 heteroatoms. The fraction of sp³-hybridized carbons (Fsp3) is 0. The van der Waals surface area contributed by atoms with Gasteiger partial charge in [-0.25, -0.2) is 0 Å². The van der Waals surface area contributed by atoms with Crippen LogP contribution in [0.15, 0.2) is 48.5 Å². The van der Waals surface area contributed by atoms with E-state index in [0.717, 1.165) is 23.0 Å². The number of nitrogens with one attached hydrogen (secondary N) is 1. The molecule has 0 spiro atoms. The van der Waals surface area contributed by atoms with Crippen molar-refractivity contribution in [3.63, 3.8) is 0 Å². The molecule has 3 rings (SSSR count). The molecule has 0 bridgehead atoms. The predicted octanol–water partition coefficient (Wildman–Crippen LogP) is 3.51.